The lowest BCUT2D eigenvalue weighted by atomic mass is 9.80. The lowest BCUT2D eigenvalue weighted by Gasteiger charge is -2.31. The number of fused-ring (bicyclic) bond motifs is 3. The van der Waals surface area contributed by atoms with Crippen LogP contribution in [-0.2, 0) is 0 Å². The minimum atomic E-state index is 0.425. The van der Waals surface area contributed by atoms with E-state index in [-0.39, 0.29) is 0 Å². The fraction of sp³-hybridized carbons (Fsp3) is 0.333. The summed E-state index contributed by atoms with van der Waals surface area (Å²) >= 11 is 12.4. The van der Waals surface area contributed by atoms with Gasteiger partial charge in [0, 0.05) is 22.0 Å². The van der Waals surface area contributed by atoms with Crippen molar-refractivity contribution in [2.24, 2.45) is 5.92 Å². The summed E-state index contributed by atoms with van der Waals surface area (Å²) in [7, 11) is 0. The maximum atomic E-state index is 6.22. The van der Waals surface area contributed by atoms with Crippen molar-refractivity contribution in [3.05, 3.63) is 69.2 Å². The molecule has 0 saturated carbocycles. The van der Waals surface area contributed by atoms with E-state index in [1.807, 2.05) is 12.1 Å². The van der Waals surface area contributed by atoms with Crippen molar-refractivity contribution in [2.75, 3.05) is 6.54 Å². The molecule has 0 bridgehead atoms. The van der Waals surface area contributed by atoms with E-state index in [4.69, 9.17) is 23.2 Å². The van der Waals surface area contributed by atoms with Crippen molar-refractivity contribution >= 4 is 23.2 Å². The fourth-order valence-corrected chi connectivity index (χ4v) is 4.45. The summed E-state index contributed by atoms with van der Waals surface area (Å²) in [6.45, 7) is 1.09. The maximum absolute atomic E-state index is 6.22. The van der Waals surface area contributed by atoms with Gasteiger partial charge in [0.25, 0.3) is 0 Å². The van der Waals surface area contributed by atoms with Crippen molar-refractivity contribution in [1.29, 1.82) is 0 Å². The quantitative estimate of drug-likeness (QED) is 0.764. The van der Waals surface area contributed by atoms with Gasteiger partial charge in [-0.05, 0) is 66.3 Å². The minimum Gasteiger partial charge on any atom is -0.310 e. The Labute approximate surface area is 135 Å². The van der Waals surface area contributed by atoms with Crippen molar-refractivity contribution < 1.29 is 0 Å². The molecule has 2 aromatic carbocycles. The Hall–Kier alpha value is -1.02. The Morgan fingerprint density at radius 2 is 1.81 bits per heavy atom. The van der Waals surface area contributed by atoms with E-state index >= 15 is 0 Å². The molecule has 1 N–H and O–H groups in total. The second-order valence-corrected chi connectivity index (χ2v) is 6.92. The van der Waals surface area contributed by atoms with Crippen LogP contribution in [0.3, 0.4) is 0 Å². The molecule has 4 rings (SSSR count). The van der Waals surface area contributed by atoms with Crippen LogP contribution < -0.4 is 5.32 Å². The second-order valence-electron chi connectivity index (χ2n) is 6.04. The Balaban J connectivity index is 1.86. The summed E-state index contributed by atoms with van der Waals surface area (Å²) in [6.07, 6.45) is 2.49. The lowest BCUT2D eigenvalue weighted by Crippen LogP contribution is -2.32. The molecule has 108 valence electrons. The smallest absolute Gasteiger partial charge is 0.0409 e. The summed E-state index contributed by atoms with van der Waals surface area (Å²) in [6, 6.07) is 15.1. The average Bonchev–Trinajstić information content (AvgIpc) is 2.81. The molecule has 1 fully saturated rings. The number of hydrogen-bond donors (Lipinski definition) is 1. The van der Waals surface area contributed by atoms with Gasteiger partial charge in [-0.15, -0.1) is 0 Å². The molecule has 1 saturated heterocycles. The highest BCUT2D eigenvalue weighted by molar-refractivity contribution is 6.31. The Kier molecular flexibility index (Phi) is 3.45. The third-order valence-electron chi connectivity index (χ3n) is 4.86. The van der Waals surface area contributed by atoms with Crippen LogP contribution in [-0.4, -0.2) is 6.54 Å². The molecule has 3 unspecified atom stereocenters. The molecule has 3 atom stereocenters. The van der Waals surface area contributed by atoms with Gasteiger partial charge >= 0.3 is 0 Å². The SMILES string of the molecule is Clc1cccc(C2c3ccc(Cl)cc3C3NCCCC32)c1. The van der Waals surface area contributed by atoms with Crippen molar-refractivity contribution in [1.82, 2.24) is 5.32 Å². The molecule has 1 aliphatic heterocycles. The van der Waals surface area contributed by atoms with E-state index in [0.717, 1.165) is 16.6 Å². The van der Waals surface area contributed by atoms with Gasteiger partial charge in [-0.2, -0.15) is 0 Å². The predicted octanol–water partition coefficient (Wildman–Crippen LogP) is 5.18. The van der Waals surface area contributed by atoms with Crippen LogP contribution in [0.5, 0.6) is 0 Å². The van der Waals surface area contributed by atoms with E-state index in [9.17, 15) is 0 Å². The molecular weight excluding hydrogens is 301 g/mol. The zero-order valence-electron chi connectivity index (χ0n) is 11.7. The first-order valence-electron chi connectivity index (χ1n) is 7.52. The Morgan fingerprint density at radius 3 is 2.67 bits per heavy atom. The van der Waals surface area contributed by atoms with Crippen molar-refractivity contribution in [2.45, 2.75) is 24.8 Å². The standard InChI is InChI=1S/C18H17Cl2N/c19-12-4-1-3-11(9-12)17-14-7-6-13(20)10-16(14)18-15(17)5-2-8-21-18/h1,3-4,6-7,9-10,15,17-18,21H,2,5,8H2. The third-order valence-corrected chi connectivity index (χ3v) is 5.33. The molecule has 2 aliphatic rings. The van der Waals surface area contributed by atoms with Crippen LogP contribution in [0.4, 0.5) is 0 Å². The van der Waals surface area contributed by atoms with E-state index in [0.29, 0.717) is 17.9 Å². The number of halogens is 2. The first-order chi connectivity index (χ1) is 10.2. The Morgan fingerprint density at radius 1 is 0.952 bits per heavy atom. The van der Waals surface area contributed by atoms with Gasteiger partial charge in [-0.3, -0.25) is 0 Å². The molecule has 0 aromatic heterocycles. The zero-order valence-corrected chi connectivity index (χ0v) is 13.2. The summed E-state index contributed by atoms with van der Waals surface area (Å²) in [5.41, 5.74) is 4.10. The highest BCUT2D eigenvalue weighted by atomic mass is 35.5. The van der Waals surface area contributed by atoms with Crippen molar-refractivity contribution in [3.8, 4) is 0 Å². The Bertz CT molecular complexity index is 683. The van der Waals surface area contributed by atoms with E-state index < -0.39 is 0 Å². The molecule has 2 aromatic rings. The topological polar surface area (TPSA) is 12.0 Å². The molecule has 21 heavy (non-hydrogen) atoms. The van der Waals surface area contributed by atoms with E-state index in [1.54, 1.807) is 0 Å². The molecule has 3 heteroatoms. The number of hydrogen-bond acceptors (Lipinski definition) is 1. The lowest BCUT2D eigenvalue weighted by molar-refractivity contribution is 0.287. The maximum Gasteiger partial charge on any atom is 0.0409 e. The highest BCUT2D eigenvalue weighted by Crippen LogP contribution is 2.52. The summed E-state index contributed by atoms with van der Waals surface area (Å²) in [5.74, 6) is 1.03. The fourth-order valence-electron chi connectivity index (χ4n) is 4.07. The largest absolute Gasteiger partial charge is 0.310 e. The van der Waals surface area contributed by atoms with Crippen LogP contribution in [0.1, 0.15) is 41.5 Å². The number of benzene rings is 2. The molecule has 0 spiro atoms. The van der Waals surface area contributed by atoms with Gasteiger partial charge in [0.15, 0.2) is 0 Å². The number of piperidine rings is 1. The summed E-state index contributed by atoms with van der Waals surface area (Å²) < 4.78 is 0. The van der Waals surface area contributed by atoms with Gasteiger partial charge < -0.3 is 5.32 Å². The molecule has 1 aliphatic carbocycles. The van der Waals surface area contributed by atoms with Crippen molar-refractivity contribution in [3.63, 3.8) is 0 Å². The van der Waals surface area contributed by atoms with Gasteiger partial charge in [-0.25, -0.2) is 0 Å². The van der Waals surface area contributed by atoms with Gasteiger partial charge in [-0.1, -0.05) is 41.4 Å². The second kappa shape index (κ2) is 5.31. The van der Waals surface area contributed by atoms with E-state index in [1.165, 1.54) is 29.5 Å². The van der Waals surface area contributed by atoms with Gasteiger partial charge in [0.2, 0.25) is 0 Å². The summed E-state index contributed by atoms with van der Waals surface area (Å²) in [5, 5.41) is 5.33. The first-order valence-corrected chi connectivity index (χ1v) is 8.28. The van der Waals surface area contributed by atoms with Gasteiger partial charge in [0.05, 0.1) is 0 Å². The first kappa shape index (κ1) is 13.6. The van der Waals surface area contributed by atoms with E-state index in [2.05, 4.69) is 35.6 Å². The zero-order chi connectivity index (χ0) is 14.4. The molecular formula is C18H17Cl2N. The monoisotopic (exact) mass is 317 g/mol. The van der Waals surface area contributed by atoms with Crippen LogP contribution >= 0.6 is 23.2 Å². The van der Waals surface area contributed by atoms with Gasteiger partial charge in [0.1, 0.15) is 0 Å². The number of rotatable bonds is 1. The molecule has 1 heterocycles. The summed E-state index contributed by atoms with van der Waals surface area (Å²) in [4.78, 5) is 0. The molecule has 0 amide bonds. The normalized spacial score (nSPS) is 27.2. The average molecular weight is 318 g/mol. The predicted molar refractivity (Wildman–Crippen MR) is 88.2 cm³/mol. The van der Waals surface area contributed by atoms with Crippen LogP contribution in [0.25, 0.3) is 0 Å². The molecule has 1 nitrogen and oxygen atoms in total. The van der Waals surface area contributed by atoms with Crippen LogP contribution in [0.15, 0.2) is 42.5 Å². The third kappa shape index (κ3) is 2.28. The minimum absolute atomic E-state index is 0.425. The van der Waals surface area contributed by atoms with Crippen LogP contribution in [0, 0.1) is 5.92 Å². The van der Waals surface area contributed by atoms with Crippen LogP contribution in [0.2, 0.25) is 10.0 Å². The highest BCUT2D eigenvalue weighted by Gasteiger charge is 2.42. The number of nitrogens with one attached hydrogen (secondary N) is 1. The molecule has 0 radical (unpaired) electrons.